The molecule has 0 spiro atoms. The van der Waals surface area contributed by atoms with Crippen LogP contribution in [0.5, 0.6) is 0 Å². The van der Waals surface area contributed by atoms with Gasteiger partial charge in [-0.2, -0.15) is 5.10 Å². The van der Waals surface area contributed by atoms with E-state index in [1.54, 1.807) is 6.07 Å². The average Bonchev–Trinajstić information content (AvgIpc) is 2.89. The minimum Gasteiger partial charge on any atom is -0.308 e. The van der Waals surface area contributed by atoms with E-state index in [0.717, 1.165) is 30.1 Å². The SMILES string of the molecule is CC1C(C(=S)NN2CCCCCC2)=NN(c2ccc(Cl)cc2Cl)C1c1ccc(Cl)cc1. The number of hydrazone groups is 1. The molecule has 0 saturated carbocycles. The summed E-state index contributed by atoms with van der Waals surface area (Å²) >= 11 is 24.6. The molecule has 0 bridgehead atoms. The van der Waals surface area contributed by atoms with Crippen LogP contribution in [0, 0.1) is 5.92 Å². The maximum atomic E-state index is 6.56. The summed E-state index contributed by atoms with van der Waals surface area (Å²) in [5.74, 6) is 0.0555. The fourth-order valence-corrected chi connectivity index (χ4v) is 5.20. The van der Waals surface area contributed by atoms with E-state index in [0.29, 0.717) is 20.1 Å². The largest absolute Gasteiger partial charge is 0.308 e. The summed E-state index contributed by atoms with van der Waals surface area (Å²) < 4.78 is 0. The molecule has 31 heavy (non-hydrogen) atoms. The molecule has 2 aliphatic rings. The zero-order chi connectivity index (χ0) is 22.0. The second-order valence-electron chi connectivity index (χ2n) is 8.05. The molecule has 0 amide bonds. The lowest BCUT2D eigenvalue weighted by Crippen LogP contribution is -2.45. The number of thiocarbonyl (C=S) groups is 1. The van der Waals surface area contributed by atoms with Crippen LogP contribution in [0.1, 0.15) is 44.2 Å². The number of benzene rings is 2. The maximum Gasteiger partial charge on any atom is 0.137 e. The second-order valence-corrected chi connectivity index (χ2v) is 9.74. The molecule has 2 atom stereocenters. The summed E-state index contributed by atoms with van der Waals surface area (Å²) in [5, 5.41) is 11.0. The highest BCUT2D eigenvalue weighted by Crippen LogP contribution is 2.42. The molecule has 2 aromatic carbocycles. The van der Waals surface area contributed by atoms with E-state index in [2.05, 4.69) is 17.4 Å². The Bertz CT molecular complexity index is 971. The third kappa shape index (κ3) is 5.18. The fourth-order valence-electron chi connectivity index (χ4n) is 4.23. The van der Waals surface area contributed by atoms with Crippen molar-refractivity contribution in [2.75, 3.05) is 18.1 Å². The van der Waals surface area contributed by atoms with Crippen LogP contribution < -0.4 is 10.4 Å². The minimum atomic E-state index is -0.0603. The first-order valence-electron chi connectivity index (χ1n) is 10.6. The van der Waals surface area contributed by atoms with Crippen molar-refractivity contribution in [1.82, 2.24) is 10.4 Å². The smallest absolute Gasteiger partial charge is 0.137 e. The summed E-state index contributed by atoms with van der Waals surface area (Å²) in [7, 11) is 0. The van der Waals surface area contributed by atoms with E-state index >= 15 is 0 Å². The molecule has 0 aromatic heterocycles. The van der Waals surface area contributed by atoms with E-state index in [-0.39, 0.29) is 12.0 Å². The average molecular weight is 496 g/mol. The van der Waals surface area contributed by atoms with Gasteiger partial charge in [-0.1, -0.05) is 78.9 Å². The molecule has 0 radical (unpaired) electrons. The van der Waals surface area contributed by atoms with Crippen LogP contribution in [0.15, 0.2) is 47.6 Å². The zero-order valence-corrected chi connectivity index (χ0v) is 20.4. The van der Waals surface area contributed by atoms with Crippen molar-refractivity contribution < 1.29 is 0 Å². The van der Waals surface area contributed by atoms with Crippen LogP contribution in [-0.4, -0.2) is 28.8 Å². The van der Waals surface area contributed by atoms with Crippen LogP contribution in [0.4, 0.5) is 5.69 Å². The van der Waals surface area contributed by atoms with Gasteiger partial charge >= 0.3 is 0 Å². The lowest BCUT2D eigenvalue weighted by molar-refractivity contribution is 0.248. The molecule has 2 aliphatic heterocycles. The number of rotatable bonds is 4. The lowest BCUT2D eigenvalue weighted by atomic mass is 9.91. The molecule has 1 fully saturated rings. The molecular formula is C23H25Cl3N4S. The molecule has 8 heteroatoms. The Labute approximate surface area is 204 Å². The van der Waals surface area contributed by atoms with E-state index in [9.17, 15) is 0 Å². The van der Waals surface area contributed by atoms with E-state index in [1.165, 1.54) is 25.7 Å². The summed E-state index contributed by atoms with van der Waals surface area (Å²) in [6, 6.07) is 13.3. The fraction of sp³-hybridized carbons (Fsp3) is 0.391. The van der Waals surface area contributed by atoms with Crippen LogP contribution >= 0.6 is 47.0 Å². The summed E-state index contributed by atoms with van der Waals surface area (Å²) in [5.41, 5.74) is 6.19. The highest BCUT2D eigenvalue weighted by molar-refractivity contribution is 7.82. The Morgan fingerprint density at radius 1 is 0.968 bits per heavy atom. The Morgan fingerprint density at radius 2 is 1.61 bits per heavy atom. The lowest BCUT2D eigenvalue weighted by Gasteiger charge is -2.28. The van der Waals surface area contributed by atoms with E-state index < -0.39 is 0 Å². The maximum absolute atomic E-state index is 6.56. The van der Waals surface area contributed by atoms with Gasteiger partial charge in [0, 0.05) is 29.1 Å². The number of hydrogen-bond acceptors (Lipinski definition) is 4. The minimum absolute atomic E-state index is 0.0555. The second kappa shape index (κ2) is 10.1. The van der Waals surface area contributed by atoms with Crippen molar-refractivity contribution in [3.8, 4) is 0 Å². The van der Waals surface area contributed by atoms with Gasteiger partial charge in [0.25, 0.3) is 0 Å². The van der Waals surface area contributed by atoms with Gasteiger partial charge in [-0.3, -0.25) is 5.01 Å². The molecule has 1 N–H and O–H groups in total. The monoisotopic (exact) mass is 494 g/mol. The van der Waals surface area contributed by atoms with E-state index in [4.69, 9.17) is 52.1 Å². The predicted octanol–water partition coefficient (Wildman–Crippen LogP) is 6.91. The van der Waals surface area contributed by atoms with Crippen molar-refractivity contribution >= 4 is 63.4 Å². The van der Waals surface area contributed by atoms with Crippen LogP contribution in [0.25, 0.3) is 0 Å². The number of nitrogens with zero attached hydrogens (tertiary/aromatic N) is 3. The summed E-state index contributed by atoms with van der Waals surface area (Å²) in [6.45, 7) is 4.14. The van der Waals surface area contributed by atoms with Gasteiger partial charge in [-0.25, -0.2) is 5.01 Å². The normalized spacial score (nSPS) is 22.2. The molecule has 2 aromatic rings. The first-order chi connectivity index (χ1) is 14.9. The van der Waals surface area contributed by atoms with Gasteiger partial charge in [0.15, 0.2) is 0 Å². The first kappa shape index (κ1) is 22.8. The third-order valence-corrected chi connectivity index (χ3v) is 6.94. The standard InChI is InChI=1S/C23H25Cl3N4S/c1-15-21(23(31)28-29-12-4-2-3-5-13-29)27-30(20-11-10-18(25)14-19(20)26)22(15)16-6-8-17(24)9-7-16/h6-11,14-15,22H,2-5,12-13H2,1H3,(H,28,31). The Kier molecular flexibility index (Phi) is 7.40. The number of anilines is 1. The van der Waals surface area contributed by atoms with Crippen molar-refractivity contribution in [3.05, 3.63) is 63.1 Å². The Balaban J connectivity index is 1.66. The predicted molar refractivity (Wildman–Crippen MR) is 136 cm³/mol. The number of hydrazine groups is 1. The molecule has 4 nitrogen and oxygen atoms in total. The van der Waals surface area contributed by atoms with Crippen molar-refractivity contribution in [1.29, 1.82) is 0 Å². The van der Waals surface area contributed by atoms with Gasteiger partial charge in [0.1, 0.15) is 10.7 Å². The molecule has 1 saturated heterocycles. The van der Waals surface area contributed by atoms with Gasteiger partial charge < -0.3 is 5.43 Å². The molecule has 2 unspecified atom stereocenters. The van der Waals surface area contributed by atoms with E-state index in [1.807, 2.05) is 41.4 Å². The highest BCUT2D eigenvalue weighted by Gasteiger charge is 2.39. The van der Waals surface area contributed by atoms with Gasteiger partial charge in [-0.15, -0.1) is 0 Å². The van der Waals surface area contributed by atoms with Crippen LogP contribution in [0.2, 0.25) is 15.1 Å². The number of hydrogen-bond donors (Lipinski definition) is 1. The third-order valence-electron chi connectivity index (χ3n) is 5.85. The topological polar surface area (TPSA) is 30.9 Å². The van der Waals surface area contributed by atoms with Crippen molar-refractivity contribution in [2.24, 2.45) is 11.0 Å². The molecule has 0 aliphatic carbocycles. The summed E-state index contributed by atoms with van der Waals surface area (Å²) in [6.07, 6.45) is 4.89. The van der Waals surface area contributed by atoms with Crippen LogP contribution in [0.3, 0.4) is 0 Å². The van der Waals surface area contributed by atoms with Crippen molar-refractivity contribution in [3.63, 3.8) is 0 Å². The highest BCUT2D eigenvalue weighted by atomic mass is 35.5. The zero-order valence-electron chi connectivity index (χ0n) is 17.3. The van der Waals surface area contributed by atoms with Gasteiger partial charge in [0.05, 0.1) is 16.8 Å². The molecule has 4 rings (SSSR count). The Hall–Kier alpha value is -1.37. The first-order valence-corrected chi connectivity index (χ1v) is 12.1. The molecule has 164 valence electrons. The summed E-state index contributed by atoms with van der Waals surface area (Å²) in [4.78, 5) is 0.668. The number of halogens is 3. The molecular weight excluding hydrogens is 471 g/mol. The van der Waals surface area contributed by atoms with Gasteiger partial charge in [0.2, 0.25) is 0 Å². The number of nitrogens with one attached hydrogen (secondary N) is 1. The Morgan fingerprint density at radius 3 is 2.26 bits per heavy atom. The quantitative estimate of drug-likeness (QED) is 0.467. The van der Waals surface area contributed by atoms with Gasteiger partial charge in [-0.05, 0) is 48.7 Å². The van der Waals surface area contributed by atoms with Crippen molar-refractivity contribution in [2.45, 2.75) is 38.6 Å². The molecule has 2 heterocycles. The van der Waals surface area contributed by atoms with Crippen LogP contribution in [-0.2, 0) is 0 Å².